The summed E-state index contributed by atoms with van der Waals surface area (Å²) < 4.78 is 11.8. The summed E-state index contributed by atoms with van der Waals surface area (Å²) in [5.74, 6) is 0.961. The molecule has 1 saturated heterocycles. The Hall–Kier alpha value is -1.10. The molecule has 1 unspecified atom stereocenters. The molecule has 118 valence electrons. The highest BCUT2D eigenvalue weighted by molar-refractivity contribution is 5.33. The van der Waals surface area contributed by atoms with E-state index in [1.54, 1.807) is 0 Å². The molecule has 1 aliphatic rings. The molecule has 2 rings (SSSR count). The fourth-order valence-corrected chi connectivity index (χ4v) is 2.46. The van der Waals surface area contributed by atoms with Gasteiger partial charge < -0.3 is 14.8 Å². The van der Waals surface area contributed by atoms with Crippen LogP contribution in [0.2, 0.25) is 0 Å². The predicted octanol–water partition coefficient (Wildman–Crippen LogP) is 2.28. The summed E-state index contributed by atoms with van der Waals surface area (Å²) in [5, 5.41) is 3.44. The molecular weight excluding hydrogens is 264 g/mol. The van der Waals surface area contributed by atoms with Gasteiger partial charge in [-0.05, 0) is 12.6 Å². The van der Waals surface area contributed by atoms with Crippen LogP contribution in [-0.4, -0.2) is 49.9 Å². The van der Waals surface area contributed by atoms with E-state index in [0.717, 1.165) is 38.5 Å². The van der Waals surface area contributed by atoms with Crippen molar-refractivity contribution >= 4 is 0 Å². The number of hydrogen-bond acceptors (Lipinski definition) is 4. The molecule has 4 heteroatoms. The number of morpholine rings is 1. The average Bonchev–Trinajstić information content (AvgIpc) is 2.52. The molecule has 0 aromatic heterocycles. The summed E-state index contributed by atoms with van der Waals surface area (Å²) in [6, 6.07) is 8.70. The molecule has 0 amide bonds. The molecule has 1 aromatic carbocycles. The van der Waals surface area contributed by atoms with Gasteiger partial charge in [-0.15, -0.1) is 0 Å². The van der Waals surface area contributed by atoms with Crippen LogP contribution < -0.4 is 10.1 Å². The highest BCUT2D eigenvalue weighted by Crippen LogP contribution is 2.19. The van der Waals surface area contributed by atoms with Crippen LogP contribution in [0.15, 0.2) is 24.3 Å². The van der Waals surface area contributed by atoms with E-state index in [4.69, 9.17) is 9.47 Å². The Morgan fingerprint density at radius 1 is 1.38 bits per heavy atom. The summed E-state index contributed by atoms with van der Waals surface area (Å²) >= 11 is 0. The molecule has 1 aliphatic heterocycles. The highest BCUT2D eigenvalue weighted by atomic mass is 16.5. The number of ether oxygens (including phenoxy) is 2. The Balaban J connectivity index is 1.87. The van der Waals surface area contributed by atoms with Crippen LogP contribution in [0.4, 0.5) is 0 Å². The first kappa shape index (κ1) is 16.3. The van der Waals surface area contributed by atoms with Gasteiger partial charge in [-0.25, -0.2) is 0 Å². The largest absolute Gasteiger partial charge is 0.490 e. The number of hydrogen-bond donors (Lipinski definition) is 1. The summed E-state index contributed by atoms with van der Waals surface area (Å²) in [5.41, 5.74) is 1.20. The highest BCUT2D eigenvalue weighted by Gasteiger charge is 2.20. The van der Waals surface area contributed by atoms with Gasteiger partial charge >= 0.3 is 0 Å². The van der Waals surface area contributed by atoms with E-state index >= 15 is 0 Å². The lowest BCUT2D eigenvalue weighted by Gasteiger charge is -2.32. The second-order valence-electron chi connectivity index (χ2n) is 5.84. The maximum atomic E-state index is 6.01. The van der Waals surface area contributed by atoms with E-state index in [0.29, 0.717) is 12.6 Å². The van der Waals surface area contributed by atoms with E-state index < -0.39 is 0 Å². The summed E-state index contributed by atoms with van der Waals surface area (Å²) in [6.45, 7) is 11.8. The topological polar surface area (TPSA) is 33.7 Å². The zero-order valence-electron chi connectivity index (χ0n) is 13.5. The zero-order valence-corrected chi connectivity index (χ0v) is 13.5. The van der Waals surface area contributed by atoms with E-state index in [-0.39, 0.29) is 6.10 Å². The van der Waals surface area contributed by atoms with Gasteiger partial charge in [-0.3, -0.25) is 4.90 Å². The molecule has 21 heavy (non-hydrogen) atoms. The standard InChI is InChI=1S/C17H28N2O2/c1-4-19-9-10-20-16(12-19)13-21-17-8-6-5-7-15(17)11-18-14(2)3/h5-8,14,16,18H,4,9-13H2,1-3H3. The lowest BCUT2D eigenvalue weighted by molar-refractivity contribution is -0.0465. The van der Waals surface area contributed by atoms with E-state index in [9.17, 15) is 0 Å². The smallest absolute Gasteiger partial charge is 0.123 e. The fraction of sp³-hybridized carbons (Fsp3) is 0.647. The molecule has 0 radical (unpaired) electrons. The van der Waals surface area contributed by atoms with Gasteiger partial charge in [0.25, 0.3) is 0 Å². The maximum Gasteiger partial charge on any atom is 0.123 e. The van der Waals surface area contributed by atoms with Crippen molar-refractivity contribution in [2.75, 3.05) is 32.8 Å². The van der Waals surface area contributed by atoms with Crippen molar-refractivity contribution in [2.24, 2.45) is 0 Å². The van der Waals surface area contributed by atoms with Crippen LogP contribution in [0, 0.1) is 0 Å². The van der Waals surface area contributed by atoms with Crippen molar-refractivity contribution in [3.8, 4) is 5.75 Å². The van der Waals surface area contributed by atoms with Crippen molar-refractivity contribution in [1.29, 1.82) is 0 Å². The third-order valence-corrected chi connectivity index (χ3v) is 3.77. The second-order valence-corrected chi connectivity index (χ2v) is 5.84. The molecule has 0 bridgehead atoms. The monoisotopic (exact) mass is 292 g/mol. The van der Waals surface area contributed by atoms with Gasteiger partial charge in [0.05, 0.1) is 6.61 Å². The number of para-hydroxylation sites is 1. The minimum absolute atomic E-state index is 0.171. The second kappa shape index (κ2) is 8.37. The van der Waals surface area contributed by atoms with E-state index in [1.165, 1.54) is 5.56 Å². The lowest BCUT2D eigenvalue weighted by atomic mass is 10.2. The molecule has 1 fully saturated rings. The minimum Gasteiger partial charge on any atom is -0.490 e. The number of likely N-dealkylation sites (N-methyl/N-ethyl adjacent to an activating group) is 1. The number of benzene rings is 1. The van der Waals surface area contributed by atoms with Crippen LogP contribution in [0.25, 0.3) is 0 Å². The molecule has 0 spiro atoms. The molecule has 1 heterocycles. The quantitative estimate of drug-likeness (QED) is 0.836. The van der Waals surface area contributed by atoms with Gasteiger partial charge in [0, 0.05) is 31.2 Å². The molecule has 0 saturated carbocycles. The van der Waals surface area contributed by atoms with Gasteiger partial charge in [-0.2, -0.15) is 0 Å². The van der Waals surface area contributed by atoms with Crippen molar-refractivity contribution in [3.63, 3.8) is 0 Å². The first-order valence-electron chi connectivity index (χ1n) is 7.97. The molecule has 1 N–H and O–H groups in total. The third kappa shape index (κ3) is 5.30. The van der Waals surface area contributed by atoms with Crippen molar-refractivity contribution in [1.82, 2.24) is 10.2 Å². The fourth-order valence-electron chi connectivity index (χ4n) is 2.46. The molecule has 0 aliphatic carbocycles. The Morgan fingerprint density at radius 3 is 2.95 bits per heavy atom. The summed E-state index contributed by atoms with van der Waals surface area (Å²) in [4.78, 5) is 2.41. The molecule has 1 aromatic rings. The van der Waals surface area contributed by atoms with E-state index in [1.807, 2.05) is 12.1 Å². The van der Waals surface area contributed by atoms with Gasteiger partial charge in [0.2, 0.25) is 0 Å². The van der Waals surface area contributed by atoms with Crippen LogP contribution in [-0.2, 0) is 11.3 Å². The Morgan fingerprint density at radius 2 is 2.19 bits per heavy atom. The first-order valence-corrected chi connectivity index (χ1v) is 7.97. The number of nitrogens with one attached hydrogen (secondary N) is 1. The Labute approximate surface area is 128 Å². The van der Waals surface area contributed by atoms with Crippen molar-refractivity contribution in [2.45, 2.75) is 39.5 Å². The molecular formula is C17H28N2O2. The predicted molar refractivity (Wildman–Crippen MR) is 85.8 cm³/mol. The normalized spacial score (nSPS) is 19.9. The van der Waals surface area contributed by atoms with Gasteiger partial charge in [0.1, 0.15) is 18.5 Å². The van der Waals surface area contributed by atoms with Crippen LogP contribution in [0.1, 0.15) is 26.3 Å². The SMILES string of the molecule is CCN1CCOC(COc2ccccc2CNC(C)C)C1. The average molecular weight is 292 g/mol. The van der Waals surface area contributed by atoms with E-state index in [2.05, 4.69) is 43.1 Å². The van der Waals surface area contributed by atoms with Crippen LogP contribution >= 0.6 is 0 Å². The first-order chi connectivity index (χ1) is 10.2. The molecule has 4 nitrogen and oxygen atoms in total. The third-order valence-electron chi connectivity index (χ3n) is 3.77. The molecule has 1 atom stereocenters. The zero-order chi connectivity index (χ0) is 15.1. The Bertz CT molecular complexity index is 423. The van der Waals surface area contributed by atoms with Crippen molar-refractivity contribution in [3.05, 3.63) is 29.8 Å². The van der Waals surface area contributed by atoms with Crippen molar-refractivity contribution < 1.29 is 9.47 Å². The van der Waals surface area contributed by atoms with Crippen LogP contribution in [0.5, 0.6) is 5.75 Å². The minimum atomic E-state index is 0.171. The Kier molecular flexibility index (Phi) is 6.49. The maximum absolute atomic E-state index is 6.01. The summed E-state index contributed by atoms with van der Waals surface area (Å²) in [7, 11) is 0. The lowest BCUT2D eigenvalue weighted by Crippen LogP contribution is -2.44. The van der Waals surface area contributed by atoms with Gasteiger partial charge in [0.15, 0.2) is 0 Å². The number of rotatable bonds is 7. The summed E-state index contributed by atoms with van der Waals surface area (Å²) in [6.07, 6.45) is 0.171. The number of nitrogens with zero attached hydrogens (tertiary/aromatic N) is 1. The van der Waals surface area contributed by atoms with Crippen LogP contribution in [0.3, 0.4) is 0 Å². The van der Waals surface area contributed by atoms with Gasteiger partial charge in [-0.1, -0.05) is 39.0 Å².